The highest BCUT2D eigenvalue weighted by Gasteiger charge is 2.38. The van der Waals surface area contributed by atoms with Crippen molar-refractivity contribution >= 4 is 23.3 Å². The van der Waals surface area contributed by atoms with Crippen LogP contribution in [-0.4, -0.2) is 42.2 Å². The first-order valence-corrected chi connectivity index (χ1v) is 5.84. The Morgan fingerprint density at radius 1 is 1.28 bits per heavy atom. The van der Waals surface area contributed by atoms with Crippen molar-refractivity contribution in [3.05, 3.63) is 29.8 Å². The van der Waals surface area contributed by atoms with Crippen molar-refractivity contribution in [2.75, 3.05) is 18.5 Å². The molecule has 0 N–H and O–H groups in total. The van der Waals surface area contributed by atoms with Crippen molar-refractivity contribution in [1.29, 1.82) is 0 Å². The largest absolute Gasteiger partial charge is 0.334 e. The van der Waals surface area contributed by atoms with Gasteiger partial charge in [0.1, 0.15) is 11.9 Å². The second-order valence-corrected chi connectivity index (χ2v) is 4.57. The van der Waals surface area contributed by atoms with Gasteiger partial charge in [-0.1, -0.05) is 12.1 Å². The van der Waals surface area contributed by atoms with Crippen molar-refractivity contribution < 1.29 is 9.59 Å². The van der Waals surface area contributed by atoms with Crippen LogP contribution in [0.4, 0.5) is 5.69 Å². The molecule has 2 amide bonds. The van der Waals surface area contributed by atoms with E-state index >= 15 is 0 Å². The lowest BCUT2D eigenvalue weighted by molar-refractivity contribution is -0.117. The Hall–Kier alpha value is -2.17. The number of carbonyl (C=O) groups is 2. The summed E-state index contributed by atoms with van der Waals surface area (Å²) in [5.74, 6) is 0.497. The zero-order valence-corrected chi connectivity index (χ0v) is 10.3. The van der Waals surface area contributed by atoms with E-state index in [0.717, 1.165) is 0 Å². The van der Waals surface area contributed by atoms with Crippen LogP contribution < -0.4 is 4.90 Å². The number of hydrogen-bond acceptors (Lipinski definition) is 3. The molecule has 0 radical (unpaired) electrons. The molecule has 2 aliphatic rings. The van der Waals surface area contributed by atoms with Gasteiger partial charge in [-0.25, -0.2) is 0 Å². The van der Waals surface area contributed by atoms with Gasteiger partial charge >= 0.3 is 0 Å². The minimum absolute atomic E-state index is 0.0689. The maximum atomic E-state index is 12.2. The topological polar surface area (TPSA) is 53.0 Å². The Morgan fingerprint density at radius 3 is 2.78 bits per heavy atom. The predicted octanol–water partition coefficient (Wildman–Crippen LogP) is 0.906. The predicted molar refractivity (Wildman–Crippen MR) is 67.8 cm³/mol. The maximum absolute atomic E-state index is 12.2. The van der Waals surface area contributed by atoms with Gasteiger partial charge < -0.3 is 4.90 Å². The molecule has 5 nitrogen and oxygen atoms in total. The Balaban J connectivity index is 2.22. The van der Waals surface area contributed by atoms with Gasteiger partial charge in [0.25, 0.3) is 11.8 Å². The average Bonchev–Trinajstić information content (AvgIpc) is 2.58. The fourth-order valence-electron chi connectivity index (χ4n) is 2.36. The molecule has 5 heteroatoms. The Morgan fingerprint density at radius 2 is 2.00 bits per heavy atom. The number of hydrogen-bond donors (Lipinski definition) is 0. The number of likely N-dealkylation sites (N-methyl/N-ethyl adjacent to an activating group) is 1. The zero-order chi connectivity index (χ0) is 12.9. The summed E-state index contributed by atoms with van der Waals surface area (Å²) in [6, 6.07) is 6.79. The molecule has 0 aliphatic carbocycles. The molecule has 3 rings (SSSR count). The lowest BCUT2D eigenvalue weighted by Gasteiger charge is -2.17. The van der Waals surface area contributed by atoms with E-state index in [1.165, 1.54) is 0 Å². The molecule has 0 bridgehead atoms. The van der Waals surface area contributed by atoms with Crippen LogP contribution in [0.5, 0.6) is 0 Å². The quantitative estimate of drug-likeness (QED) is 0.680. The molecule has 0 aromatic heterocycles. The molecule has 92 valence electrons. The SMILES string of the molecule is CC1N=C2CN(C)C(=O)c3ccccc3N2C1=O. The summed E-state index contributed by atoms with van der Waals surface area (Å²) in [7, 11) is 1.72. The molecular formula is C13H13N3O2. The summed E-state index contributed by atoms with van der Waals surface area (Å²) in [6.45, 7) is 2.14. The third-order valence-electron chi connectivity index (χ3n) is 3.28. The molecule has 1 unspecified atom stereocenters. The number of rotatable bonds is 0. The highest BCUT2D eigenvalue weighted by Crippen LogP contribution is 2.29. The van der Waals surface area contributed by atoms with E-state index in [0.29, 0.717) is 23.6 Å². The summed E-state index contributed by atoms with van der Waals surface area (Å²) < 4.78 is 0. The molecule has 1 atom stereocenters. The number of fused-ring (bicyclic) bond motifs is 3. The van der Waals surface area contributed by atoms with Crippen LogP contribution in [0.25, 0.3) is 0 Å². The highest BCUT2D eigenvalue weighted by atomic mass is 16.2. The molecule has 0 saturated heterocycles. The number of carbonyl (C=O) groups excluding carboxylic acids is 2. The second kappa shape index (κ2) is 3.66. The van der Waals surface area contributed by atoms with E-state index in [-0.39, 0.29) is 17.9 Å². The number of nitrogens with zero attached hydrogens (tertiary/aromatic N) is 3. The van der Waals surface area contributed by atoms with Crippen molar-refractivity contribution in [3.63, 3.8) is 0 Å². The van der Waals surface area contributed by atoms with E-state index in [9.17, 15) is 9.59 Å². The molecule has 1 aromatic carbocycles. The van der Waals surface area contributed by atoms with Gasteiger partial charge in [-0.15, -0.1) is 0 Å². The van der Waals surface area contributed by atoms with Crippen LogP contribution in [0.1, 0.15) is 17.3 Å². The highest BCUT2D eigenvalue weighted by molar-refractivity contribution is 6.27. The molecule has 2 aliphatic heterocycles. The number of benzene rings is 1. The monoisotopic (exact) mass is 243 g/mol. The summed E-state index contributed by atoms with van der Waals surface area (Å²) >= 11 is 0. The molecule has 0 spiro atoms. The normalized spacial score (nSPS) is 22.6. The van der Waals surface area contributed by atoms with Gasteiger partial charge in [0.05, 0.1) is 17.8 Å². The summed E-state index contributed by atoms with van der Waals surface area (Å²) in [5.41, 5.74) is 1.19. The summed E-state index contributed by atoms with van der Waals surface area (Å²) in [6.07, 6.45) is 0. The van der Waals surface area contributed by atoms with E-state index in [2.05, 4.69) is 4.99 Å². The minimum Gasteiger partial charge on any atom is -0.334 e. The first kappa shape index (κ1) is 11.0. The molecular weight excluding hydrogens is 230 g/mol. The van der Waals surface area contributed by atoms with Crippen molar-refractivity contribution in [1.82, 2.24) is 4.90 Å². The standard InChI is InChI=1S/C13H13N3O2/c1-8-12(17)16-10-6-4-3-5-9(10)13(18)15(2)7-11(16)14-8/h3-6,8H,7H2,1-2H3. The van der Waals surface area contributed by atoms with Gasteiger partial charge in [0, 0.05) is 7.05 Å². The Kier molecular flexibility index (Phi) is 2.23. The smallest absolute Gasteiger partial charge is 0.257 e. The van der Waals surface area contributed by atoms with E-state index in [1.807, 2.05) is 6.07 Å². The summed E-state index contributed by atoms with van der Waals surface area (Å²) in [5, 5.41) is 0. The van der Waals surface area contributed by atoms with Crippen LogP contribution in [0.3, 0.4) is 0 Å². The number of anilines is 1. The van der Waals surface area contributed by atoms with Crippen LogP contribution in [0, 0.1) is 0 Å². The van der Waals surface area contributed by atoms with Crippen LogP contribution in [0.2, 0.25) is 0 Å². The number of amides is 2. The lowest BCUT2D eigenvalue weighted by atomic mass is 10.1. The second-order valence-electron chi connectivity index (χ2n) is 4.57. The minimum atomic E-state index is -0.366. The zero-order valence-electron chi connectivity index (χ0n) is 10.3. The molecule has 18 heavy (non-hydrogen) atoms. The molecule has 0 saturated carbocycles. The van der Waals surface area contributed by atoms with Crippen LogP contribution in [0.15, 0.2) is 29.3 Å². The molecule has 1 aromatic rings. The average molecular weight is 243 g/mol. The van der Waals surface area contributed by atoms with Crippen molar-refractivity contribution in [2.45, 2.75) is 13.0 Å². The van der Waals surface area contributed by atoms with Gasteiger partial charge in [-0.3, -0.25) is 19.5 Å². The number of aliphatic imine (C=N–C) groups is 1. The number of amidine groups is 1. The maximum Gasteiger partial charge on any atom is 0.257 e. The van der Waals surface area contributed by atoms with Crippen molar-refractivity contribution in [2.24, 2.45) is 4.99 Å². The number of para-hydroxylation sites is 1. The Labute approximate surface area is 105 Å². The Bertz CT molecular complexity index is 579. The molecule has 0 fully saturated rings. The fraction of sp³-hybridized carbons (Fsp3) is 0.308. The first-order valence-electron chi connectivity index (χ1n) is 5.84. The third kappa shape index (κ3) is 1.37. The molecule has 2 heterocycles. The van der Waals surface area contributed by atoms with Gasteiger partial charge in [0.2, 0.25) is 0 Å². The third-order valence-corrected chi connectivity index (χ3v) is 3.28. The summed E-state index contributed by atoms with van der Waals surface area (Å²) in [4.78, 5) is 31.8. The van der Waals surface area contributed by atoms with E-state index in [1.54, 1.807) is 42.0 Å². The lowest BCUT2D eigenvalue weighted by Crippen LogP contribution is -2.38. The van der Waals surface area contributed by atoms with Gasteiger partial charge in [-0.2, -0.15) is 0 Å². The first-order chi connectivity index (χ1) is 8.59. The van der Waals surface area contributed by atoms with Crippen LogP contribution in [-0.2, 0) is 4.79 Å². The fourth-order valence-corrected chi connectivity index (χ4v) is 2.36. The van der Waals surface area contributed by atoms with Gasteiger partial charge in [-0.05, 0) is 19.1 Å². The van der Waals surface area contributed by atoms with Gasteiger partial charge in [0.15, 0.2) is 0 Å². The van der Waals surface area contributed by atoms with Crippen LogP contribution >= 0.6 is 0 Å². The van der Waals surface area contributed by atoms with E-state index < -0.39 is 0 Å². The van der Waals surface area contributed by atoms with Crippen molar-refractivity contribution in [3.8, 4) is 0 Å². The van der Waals surface area contributed by atoms with E-state index in [4.69, 9.17) is 0 Å².